The molecule has 0 atom stereocenters. The van der Waals surface area contributed by atoms with E-state index in [-0.39, 0.29) is 12.6 Å². The van der Waals surface area contributed by atoms with Crippen LogP contribution in [0.1, 0.15) is 6.92 Å². The van der Waals surface area contributed by atoms with Gasteiger partial charge < -0.3 is 9.47 Å². The fraction of sp³-hybridized carbons (Fsp3) is 0.250. The van der Waals surface area contributed by atoms with Gasteiger partial charge in [0, 0.05) is 15.6 Å². The second-order valence-corrected chi connectivity index (χ2v) is 4.17. The first kappa shape index (κ1) is 13.9. The minimum absolute atomic E-state index is 0.248. The average Bonchev–Trinajstić information content (AvgIpc) is 2.26. The molecule has 0 spiro atoms. The number of benzene rings is 1. The number of carbonyl (C=O) groups is 1. The Kier molecular flexibility index (Phi) is 5.32. The van der Waals surface area contributed by atoms with Crippen LogP contribution in [0, 0.1) is 0 Å². The van der Waals surface area contributed by atoms with Crippen LogP contribution in [-0.4, -0.2) is 19.7 Å². The number of methoxy groups -OCH3 is 1. The maximum Gasteiger partial charge on any atom is 0.333 e. The van der Waals surface area contributed by atoms with E-state index >= 15 is 0 Å². The molecule has 0 aliphatic carbocycles. The number of ether oxygens (including phenoxy) is 2. The van der Waals surface area contributed by atoms with Crippen molar-refractivity contribution in [3.8, 4) is 5.75 Å². The van der Waals surface area contributed by atoms with Gasteiger partial charge in [-0.15, -0.1) is 0 Å². The molecule has 0 fully saturated rings. The van der Waals surface area contributed by atoms with Gasteiger partial charge in [-0.3, -0.25) is 0 Å². The highest BCUT2D eigenvalue weighted by Gasteiger charge is 2.02. The molecule has 3 nitrogen and oxygen atoms in total. The Balaban J connectivity index is 2.59. The van der Waals surface area contributed by atoms with Crippen LogP contribution in [0.2, 0.25) is 10.0 Å². The van der Waals surface area contributed by atoms with Crippen LogP contribution in [-0.2, 0) is 9.53 Å². The average molecular weight is 275 g/mol. The fourth-order valence-corrected chi connectivity index (χ4v) is 1.63. The summed E-state index contributed by atoms with van der Waals surface area (Å²) in [4.78, 5) is 11.1. The van der Waals surface area contributed by atoms with Gasteiger partial charge in [-0.1, -0.05) is 23.2 Å². The molecule has 92 valence electrons. The molecule has 0 bridgehead atoms. The van der Waals surface area contributed by atoms with E-state index in [1.54, 1.807) is 31.2 Å². The summed E-state index contributed by atoms with van der Waals surface area (Å²) >= 11 is 11.6. The molecule has 0 saturated carbocycles. The Morgan fingerprint density at radius 2 is 1.88 bits per heavy atom. The van der Waals surface area contributed by atoms with Crippen molar-refractivity contribution in [2.24, 2.45) is 0 Å². The van der Waals surface area contributed by atoms with Crippen LogP contribution < -0.4 is 4.74 Å². The molecule has 5 heteroatoms. The quantitative estimate of drug-likeness (QED) is 0.623. The van der Waals surface area contributed by atoms with E-state index in [1.807, 2.05) is 0 Å². The standard InChI is InChI=1S/C12H12Cl2O3/c1-8(12(15)16-2)3-4-17-11-6-9(13)5-10(14)7-11/h3,5-7H,4H2,1-2H3. The van der Waals surface area contributed by atoms with Gasteiger partial charge >= 0.3 is 5.97 Å². The van der Waals surface area contributed by atoms with Crippen molar-refractivity contribution in [2.75, 3.05) is 13.7 Å². The molecule has 0 aromatic heterocycles. The molecule has 0 heterocycles. The number of carbonyl (C=O) groups excluding carboxylic acids is 1. The maximum absolute atomic E-state index is 11.1. The highest BCUT2D eigenvalue weighted by atomic mass is 35.5. The summed E-state index contributed by atoms with van der Waals surface area (Å²) in [6.07, 6.45) is 1.63. The molecular weight excluding hydrogens is 263 g/mol. The van der Waals surface area contributed by atoms with Gasteiger partial charge in [0.1, 0.15) is 12.4 Å². The predicted octanol–water partition coefficient (Wildman–Crippen LogP) is 3.49. The molecule has 1 aromatic carbocycles. The lowest BCUT2D eigenvalue weighted by Crippen LogP contribution is -2.04. The molecule has 0 saturated heterocycles. The first-order chi connectivity index (χ1) is 8.02. The molecule has 17 heavy (non-hydrogen) atoms. The van der Waals surface area contributed by atoms with Crippen LogP contribution in [0.3, 0.4) is 0 Å². The third-order valence-electron chi connectivity index (χ3n) is 1.98. The third-order valence-corrected chi connectivity index (χ3v) is 2.42. The molecule has 0 aliphatic rings. The first-order valence-electron chi connectivity index (χ1n) is 4.87. The van der Waals surface area contributed by atoms with Gasteiger partial charge in [-0.05, 0) is 31.2 Å². The molecular formula is C12H12Cl2O3. The van der Waals surface area contributed by atoms with E-state index in [0.29, 0.717) is 21.4 Å². The van der Waals surface area contributed by atoms with Crippen molar-refractivity contribution < 1.29 is 14.3 Å². The van der Waals surface area contributed by atoms with Gasteiger partial charge in [0.05, 0.1) is 7.11 Å². The Morgan fingerprint density at radius 1 is 1.29 bits per heavy atom. The zero-order valence-electron chi connectivity index (χ0n) is 9.50. The largest absolute Gasteiger partial charge is 0.489 e. The van der Waals surface area contributed by atoms with E-state index in [4.69, 9.17) is 27.9 Å². The number of hydrogen-bond donors (Lipinski definition) is 0. The Hall–Kier alpha value is -1.19. The Labute approximate surface area is 110 Å². The molecule has 1 aromatic rings. The summed E-state index contributed by atoms with van der Waals surface area (Å²) in [7, 11) is 1.33. The Morgan fingerprint density at radius 3 is 2.41 bits per heavy atom. The Bertz CT molecular complexity index is 421. The van der Waals surface area contributed by atoms with Crippen molar-refractivity contribution in [3.05, 3.63) is 39.9 Å². The lowest BCUT2D eigenvalue weighted by molar-refractivity contribution is -0.136. The molecule has 0 N–H and O–H groups in total. The summed E-state index contributed by atoms with van der Waals surface area (Å²) in [5.41, 5.74) is 0.487. The highest BCUT2D eigenvalue weighted by molar-refractivity contribution is 6.34. The van der Waals surface area contributed by atoms with Crippen molar-refractivity contribution in [1.82, 2.24) is 0 Å². The smallest absolute Gasteiger partial charge is 0.333 e. The fourth-order valence-electron chi connectivity index (χ4n) is 1.12. The van der Waals surface area contributed by atoms with E-state index < -0.39 is 0 Å². The van der Waals surface area contributed by atoms with Crippen molar-refractivity contribution in [3.63, 3.8) is 0 Å². The number of rotatable bonds is 4. The van der Waals surface area contributed by atoms with Crippen LogP contribution in [0.4, 0.5) is 0 Å². The summed E-state index contributed by atoms with van der Waals surface area (Å²) in [5, 5.41) is 1.00. The van der Waals surface area contributed by atoms with Crippen LogP contribution >= 0.6 is 23.2 Å². The summed E-state index contributed by atoms with van der Waals surface area (Å²) in [6.45, 7) is 1.90. The van der Waals surface area contributed by atoms with Gasteiger partial charge in [0.2, 0.25) is 0 Å². The van der Waals surface area contributed by atoms with E-state index in [0.717, 1.165) is 0 Å². The monoisotopic (exact) mass is 274 g/mol. The lowest BCUT2D eigenvalue weighted by Gasteiger charge is -2.05. The predicted molar refractivity (Wildman–Crippen MR) is 67.7 cm³/mol. The summed E-state index contributed by atoms with van der Waals surface area (Å²) in [6, 6.07) is 4.91. The summed E-state index contributed by atoms with van der Waals surface area (Å²) in [5.74, 6) is 0.175. The SMILES string of the molecule is COC(=O)C(C)=CCOc1cc(Cl)cc(Cl)c1. The normalized spacial score (nSPS) is 11.2. The van der Waals surface area contributed by atoms with Gasteiger partial charge in [0.25, 0.3) is 0 Å². The lowest BCUT2D eigenvalue weighted by atomic mass is 10.3. The third kappa shape index (κ3) is 4.67. The number of esters is 1. The number of hydrogen-bond acceptors (Lipinski definition) is 3. The highest BCUT2D eigenvalue weighted by Crippen LogP contribution is 2.24. The second-order valence-electron chi connectivity index (χ2n) is 3.29. The maximum atomic E-state index is 11.1. The van der Waals surface area contributed by atoms with Gasteiger partial charge in [-0.2, -0.15) is 0 Å². The van der Waals surface area contributed by atoms with Crippen molar-refractivity contribution in [2.45, 2.75) is 6.92 Å². The van der Waals surface area contributed by atoms with Crippen LogP contribution in [0.25, 0.3) is 0 Å². The number of halogens is 2. The minimum Gasteiger partial charge on any atom is -0.489 e. The van der Waals surface area contributed by atoms with E-state index in [2.05, 4.69) is 4.74 Å². The van der Waals surface area contributed by atoms with Crippen molar-refractivity contribution in [1.29, 1.82) is 0 Å². The molecule has 0 aliphatic heterocycles. The zero-order chi connectivity index (χ0) is 12.8. The van der Waals surface area contributed by atoms with Crippen LogP contribution in [0.5, 0.6) is 5.75 Å². The van der Waals surface area contributed by atoms with Crippen molar-refractivity contribution >= 4 is 29.2 Å². The second kappa shape index (κ2) is 6.52. The molecule has 0 amide bonds. The topological polar surface area (TPSA) is 35.5 Å². The first-order valence-corrected chi connectivity index (χ1v) is 5.62. The molecule has 0 unspecified atom stereocenters. The van der Waals surface area contributed by atoms with Gasteiger partial charge in [-0.25, -0.2) is 4.79 Å². The van der Waals surface area contributed by atoms with Gasteiger partial charge in [0.15, 0.2) is 0 Å². The molecule has 1 rings (SSSR count). The van der Waals surface area contributed by atoms with Crippen LogP contribution in [0.15, 0.2) is 29.8 Å². The van der Waals surface area contributed by atoms with E-state index in [1.165, 1.54) is 7.11 Å². The molecule has 0 radical (unpaired) electrons. The van der Waals surface area contributed by atoms with E-state index in [9.17, 15) is 4.79 Å². The summed E-state index contributed by atoms with van der Waals surface area (Å²) < 4.78 is 9.93. The zero-order valence-corrected chi connectivity index (χ0v) is 11.0. The minimum atomic E-state index is -0.377.